The van der Waals surface area contributed by atoms with Crippen LogP contribution in [0.2, 0.25) is 0 Å². The molecule has 162 valence electrons. The second kappa shape index (κ2) is 7.92. The summed E-state index contributed by atoms with van der Waals surface area (Å²) in [6, 6.07) is 17.3. The van der Waals surface area contributed by atoms with Crippen LogP contribution in [-0.4, -0.2) is 23.6 Å². The van der Waals surface area contributed by atoms with E-state index in [0.29, 0.717) is 35.1 Å². The van der Waals surface area contributed by atoms with E-state index < -0.39 is 17.7 Å². The van der Waals surface area contributed by atoms with Gasteiger partial charge in [-0.1, -0.05) is 30.3 Å². The first-order valence-electron chi connectivity index (χ1n) is 10.3. The number of ether oxygens (including phenoxy) is 2. The normalized spacial score (nSPS) is 17.3. The Morgan fingerprint density at radius 2 is 1.84 bits per heavy atom. The first-order valence-corrected chi connectivity index (χ1v) is 10.3. The molecule has 1 aromatic heterocycles. The van der Waals surface area contributed by atoms with Gasteiger partial charge in [-0.05, 0) is 43.2 Å². The zero-order valence-corrected chi connectivity index (χ0v) is 17.4. The minimum absolute atomic E-state index is 0.0398. The highest BCUT2D eigenvalue weighted by Crippen LogP contribution is 2.44. The van der Waals surface area contributed by atoms with E-state index >= 15 is 0 Å². The zero-order chi connectivity index (χ0) is 22.2. The number of aliphatic hydroxyl groups excluding tert-OH is 1. The lowest BCUT2D eigenvalue weighted by Crippen LogP contribution is -2.30. The Kier molecular flexibility index (Phi) is 4.93. The van der Waals surface area contributed by atoms with Crippen LogP contribution in [0.4, 0.5) is 5.69 Å². The van der Waals surface area contributed by atoms with Gasteiger partial charge >= 0.3 is 0 Å². The van der Waals surface area contributed by atoms with Crippen molar-refractivity contribution in [1.82, 2.24) is 0 Å². The molecule has 1 N–H and O–H groups in total. The molecule has 3 aromatic rings. The quantitative estimate of drug-likeness (QED) is 0.622. The number of fused-ring (bicyclic) bond motifs is 1. The summed E-state index contributed by atoms with van der Waals surface area (Å²) in [5, 5.41) is 10.8. The minimum atomic E-state index is -0.875. The highest BCUT2D eigenvalue weighted by Gasteiger charge is 2.46. The molecule has 0 radical (unpaired) electrons. The maximum atomic E-state index is 13.2. The van der Waals surface area contributed by atoms with Gasteiger partial charge in [0.05, 0.1) is 5.57 Å². The molecular formula is C25H21NO6. The molecule has 2 aliphatic heterocycles. The average molecular weight is 431 g/mol. The van der Waals surface area contributed by atoms with Crippen molar-refractivity contribution in [3.8, 4) is 11.5 Å². The van der Waals surface area contributed by atoms with Gasteiger partial charge in [0.1, 0.15) is 17.6 Å². The van der Waals surface area contributed by atoms with Gasteiger partial charge in [-0.3, -0.25) is 14.5 Å². The van der Waals surface area contributed by atoms with Crippen molar-refractivity contribution in [2.24, 2.45) is 0 Å². The van der Waals surface area contributed by atoms with E-state index in [2.05, 4.69) is 0 Å². The number of hydrogen-bond donors (Lipinski definition) is 1. The van der Waals surface area contributed by atoms with Crippen LogP contribution in [0.25, 0.3) is 0 Å². The standard InChI is InChI=1S/C25H21NO6/c1-15-7-11-20(32-15)23-22(18(27)10-8-16-5-3-2-4-6-16)24(28)25(29)26(23)17-9-12-19-21(13-17)31-14-30-19/h2-7,9,11-13,23,28H,8,10,14H2,1H3. The predicted octanol–water partition coefficient (Wildman–Crippen LogP) is 4.42. The van der Waals surface area contributed by atoms with Crippen LogP contribution in [0.15, 0.2) is 76.4 Å². The highest BCUT2D eigenvalue weighted by atomic mass is 16.7. The lowest BCUT2D eigenvalue weighted by atomic mass is 9.96. The number of Topliss-reactive ketones (excluding diaryl/α,β-unsaturated/α-hetero) is 1. The molecule has 0 saturated carbocycles. The fraction of sp³-hybridized carbons (Fsp3) is 0.200. The molecular weight excluding hydrogens is 410 g/mol. The summed E-state index contributed by atoms with van der Waals surface area (Å²) < 4.78 is 16.6. The Bertz CT molecular complexity index is 1230. The van der Waals surface area contributed by atoms with Gasteiger partial charge in [-0.15, -0.1) is 0 Å². The van der Waals surface area contributed by atoms with Crippen LogP contribution >= 0.6 is 0 Å². The molecule has 5 rings (SSSR count). The molecule has 1 amide bonds. The van der Waals surface area contributed by atoms with Crippen molar-refractivity contribution in [3.05, 3.63) is 89.1 Å². The molecule has 0 bridgehead atoms. The van der Waals surface area contributed by atoms with Crippen LogP contribution in [0.1, 0.15) is 29.5 Å². The first kappa shape index (κ1) is 19.9. The van der Waals surface area contributed by atoms with Gasteiger partial charge in [-0.25, -0.2) is 0 Å². The number of carbonyl (C=O) groups excluding carboxylic acids is 2. The van der Waals surface area contributed by atoms with E-state index in [1.807, 2.05) is 30.3 Å². The maximum absolute atomic E-state index is 13.2. The summed E-state index contributed by atoms with van der Waals surface area (Å²) in [6.07, 6.45) is 0.653. The number of amides is 1. The molecule has 0 saturated heterocycles. The van der Waals surface area contributed by atoms with E-state index in [4.69, 9.17) is 13.9 Å². The fourth-order valence-electron chi connectivity index (χ4n) is 4.10. The van der Waals surface area contributed by atoms with Crippen LogP contribution in [0, 0.1) is 6.92 Å². The van der Waals surface area contributed by atoms with Crippen LogP contribution in [0.3, 0.4) is 0 Å². The lowest BCUT2D eigenvalue weighted by Gasteiger charge is -2.25. The Labute approximate surface area is 184 Å². The number of aryl methyl sites for hydroxylation is 2. The molecule has 2 aliphatic rings. The number of ketones is 1. The maximum Gasteiger partial charge on any atom is 0.294 e. The van der Waals surface area contributed by atoms with Crippen molar-refractivity contribution >= 4 is 17.4 Å². The van der Waals surface area contributed by atoms with Crippen molar-refractivity contribution in [2.45, 2.75) is 25.8 Å². The van der Waals surface area contributed by atoms with Crippen LogP contribution < -0.4 is 14.4 Å². The third-order valence-electron chi connectivity index (χ3n) is 5.66. The van der Waals surface area contributed by atoms with E-state index in [-0.39, 0.29) is 24.6 Å². The molecule has 3 heterocycles. The highest BCUT2D eigenvalue weighted by molar-refractivity contribution is 6.16. The number of nitrogens with zero attached hydrogens (tertiary/aromatic N) is 1. The van der Waals surface area contributed by atoms with Crippen molar-refractivity contribution in [3.63, 3.8) is 0 Å². The van der Waals surface area contributed by atoms with Gasteiger partial charge in [-0.2, -0.15) is 0 Å². The van der Waals surface area contributed by atoms with Crippen LogP contribution in [-0.2, 0) is 16.0 Å². The largest absolute Gasteiger partial charge is 0.503 e. The number of carbonyl (C=O) groups is 2. The minimum Gasteiger partial charge on any atom is -0.503 e. The van der Waals surface area contributed by atoms with Gasteiger partial charge in [0.15, 0.2) is 23.0 Å². The smallest absolute Gasteiger partial charge is 0.294 e. The average Bonchev–Trinajstić information content (AvgIpc) is 3.51. The first-order chi connectivity index (χ1) is 15.5. The number of hydrogen-bond acceptors (Lipinski definition) is 6. The fourth-order valence-corrected chi connectivity index (χ4v) is 4.10. The summed E-state index contributed by atoms with van der Waals surface area (Å²) in [5.41, 5.74) is 1.51. The summed E-state index contributed by atoms with van der Waals surface area (Å²) in [6.45, 7) is 1.88. The van der Waals surface area contributed by atoms with Gasteiger partial charge in [0, 0.05) is 18.2 Å². The predicted molar refractivity (Wildman–Crippen MR) is 116 cm³/mol. The number of anilines is 1. The Hall–Kier alpha value is -4.00. The Morgan fingerprint density at radius 3 is 2.59 bits per heavy atom. The lowest BCUT2D eigenvalue weighted by molar-refractivity contribution is -0.118. The number of aliphatic hydroxyl groups is 1. The Morgan fingerprint density at radius 1 is 1.06 bits per heavy atom. The van der Waals surface area contributed by atoms with E-state index in [1.54, 1.807) is 37.3 Å². The molecule has 0 aliphatic carbocycles. The summed E-state index contributed by atoms with van der Waals surface area (Å²) in [4.78, 5) is 27.8. The van der Waals surface area contributed by atoms with E-state index in [1.165, 1.54) is 4.90 Å². The summed E-state index contributed by atoms with van der Waals surface area (Å²) in [5.74, 6) is 0.587. The summed E-state index contributed by atoms with van der Waals surface area (Å²) in [7, 11) is 0. The number of benzene rings is 2. The second-order valence-electron chi connectivity index (χ2n) is 7.73. The Balaban J connectivity index is 1.51. The van der Waals surface area contributed by atoms with Gasteiger partial charge in [0.25, 0.3) is 5.91 Å². The molecule has 1 unspecified atom stereocenters. The van der Waals surface area contributed by atoms with Crippen molar-refractivity contribution in [2.75, 3.05) is 11.7 Å². The molecule has 7 nitrogen and oxygen atoms in total. The van der Waals surface area contributed by atoms with Gasteiger partial charge < -0.3 is 19.0 Å². The molecule has 0 fully saturated rings. The van der Waals surface area contributed by atoms with Crippen molar-refractivity contribution in [1.29, 1.82) is 0 Å². The zero-order valence-electron chi connectivity index (χ0n) is 17.4. The van der Waals surface area contributed by atoms with E-state index in [9.17, 15) is 14.7 Å². The molecule has 7 heteroatoms. The third-order valence-corrected chi connectivity index (χ3v) is 5.66. The third kappa shape index (κ3) is 3.41. The molecule has 0 spiro atoms. The number of furan rings is 1. The SMILES string of the molecule is Cc1ccc(C2C(C(=O)CCc3ccccc3)=C(O)C(=O)N2c2ccc3c(c2)OCO3)o1. The number of rotatable bonds is 6. The topological polar surface area (TPSA) is 89.2 Å². The molecule has 2 aromatic carbocycles. The second-order valence-corrected chi connectivity index (χ2v) is 7.73. The summed E-state index contributed by atoms with van der Waals surface area (Å²) >= 11 is 0. The molecule has 1 atom stereocenters. The monoisotopic (exact) mass is 431 g/mol. The van der Waals surface area contributed by atoms with Crippen LogP contribution in [0.5, 0.6) is 11.5 Å². The molecule has 32 heavy (non-hydrogen) atoms. The van der Waals surface area contributed by atoms with Crippen molar-refractivity contribution < 1.29 is 28.6 Å². The van der Waals surface area contributed by atoms with Gasteiger partial charge in [0.2, 0.25) is 6.79 Å². The van der Waals surface area contributed by atoms with E-state index in [0.717, 1.165) is 5.56 Å².